The van der Waals surface area contributed by atoms with Gasteiger partial charge in [-0.1, -0.05) is 11.6 Å². The Morgan fingerprint density at radius 2 is 1.95 bits per heavy atom. The van der Waals surface area contributed by atoms with Crippen molar-refractivity contribution in [2.75, 3.05) is 0 Å². The molecule has 0 atom stereocenters. The highest BCUT2D eigenvalue weighted by Gasteiger charge is 2.37. The molecule has 0 bridgehead atoms. The molecule has 0 spiro atoms. The summed E-state index contributed by atoms with van der Waals surface area (Å²) in [6.45, 7) is 1.63. The Balaban J connectivity index is 2.60. The number of nitrogens with zero attached hydrogens (tertiary/aromatic N) is 3. The smallest absolute Gasteiger partial charge is 0.453 e. The highest BCUT2D eigenvalue weighted by Crippen LogP contribution is 2.33. The van der Waals surface area contributed by atoms with Gasteiger partial charge in [-0.15, -0.1) is 5.10 Å². The Morgan fingerprint density at radius 3 is 2.47 bits per heavy atom. The van der Waals surface area contributed by atoms with Gasteiger partial charge in [0.05, 0.1) is 5.02 Å². The second-order valence-corrected chi connectivity index (χ2v) is 4.41. The highest BCUT2D eigenvalue weighted by molar-refractivity contribution is 6.32. The fourth-order valence-electron chi connectivity index (χ4n) is 1.65. The first-order valence-electron chi connectivity index (χ1n) is 5.18. The van der Waals surface area contributed by atoms with E-state index >= 15 is 0 Å². The van der Waals surface area contributed by atoms with E-state index in [1.807, 2.05) is 0 Å². The molecule has 0 radical (unpaired) electrons. The maximum atomic E-state index is 12.5. The third-order valence-corrected chi connectivity index (χ3v) is 2.85. The summed E-state index contributed by atoms with van der Waals surface area (Å²) in [5.74, 6) is -1.32. The van der Waals surface area contributed by atoms with Crippen LogP contribution in [0.15, 0.2) is 12.1 Å². The molecule has 0 aliphatic heterocycles. The molecule has 0 saturated carbocycles. The monoisotopic (exact) mass is 291 g/mol. The average molecular weight is 292 g/mol. The van der Waals surface area contributed by atoms with E-state index in [-0.39, 0.29) is 16.6 Å². The molecule has 0 amide bonds. The molecule has 1 heterocycles. The third kappa shape index (κ3) is 2.51. The van der Waals surface area contributed by atoms with E-state index in [0.29, 0.717) is 11.1 Å². The third-order valence-electron chi connectivity index (χ3n) is 2.55. The van der Waals surface area contributed by atoms with Crippen LogP contribution in [0.5, 0.6) is 5.75 Å². The van der Waals surface area contributed by atoms with Crippen LogP contribution in [0, 0.1) is 6.92 Å². The van der Waals surface area contributed by atoms with E-state index in [0.717, 1.165) is 4.68 Å². The zero-order valence-corrected chi connectivity index (χ0v) is 10.7. The van der Waals surface area contributed by atoms with Crippen LogP contribution in [0.1, 0.15) is 11.4 Å². The van der Waals surface area contributed by atoms with Gasteiger partial charge in [0.2, 0.25) is 0 Å². The largest absolute Gasteiger partial charge is 0.506 e. The van der Waals surface area contributed by atoms with Gasteiger partial charge in [0.25, 0.3) is 5.82 Å². The summed E-state index contributed by atoms with van der Waals surface area (Å²) in [6.07, 6.45) is -4.61. The summed E-state index contributed by atoms with van der Waals surface area (Å²) in [5, 5.41) is 12.8. The molecular formula is C11H9ClF3N3O. The van der Waals surface area contributed by atoms with Crippen molar-refractivity contribution < 1.29 is 18.3 Å². The van der Waals surface area contributed by atoms with Crippen molar-refractivity contribution >= 4 is 11.6 Å². The Labute approximate surface area is 111 Å². The van der Waals surface area contributed by atoms with Crippen LogP contribution in [-0.4, -0.2) is 19.9 Å². The fourth-order valence-corrected chi connectivity index (χ4v) is 1.81. The lowest BCUT2D eigenvalue weighted by molar-refractivity contribution is -0.144. The molecule has 8 heteroatoms. The summed E-state index contributed by atoms with van der Waals surface area (Å²) in [7, 11) is 1.36. The van der Waals surface area contributed by atoms with E-state index < -0.39 is 12.0 Å². The number of aromatic hydroxyl groups is 1. The van der Waals surface area contributed by atoms with Crippen LogP contribution in [-0.2, 0) is 13.2 Å². The summed E-state index contributed by atoms with van der Waals surface area (Å²) < 4.78 is 38.6. The molecule has 1 aromatic carbocycles. The molecular weight excluding hydrogens is 283 g/mol. The summed E-state index contributed by atoms with van der Waals surface area (Å²) in [6, 6.07) is 2.72. The number of alkyl halides is 3. The Kier molecular flexibility index (Phi) is 3.17. The topological polar surface area (TPSA) is 50.9 Å². The second kappa shape index (κ2) is 4.41. The maximum Gasteiger partial charge on any atom is 0.453 e. The number of halogens is 4. The number of benzene rings is 1. The number of phenols is 1. The van der Waals surface area contributed by atoms with Crippen LogP contribution in [0.2, 0.25) is 5.02 Å². The number of hydrogen-bond acceptors (Lipinski definition) is 3. The lowest BCUT2D eigenvalue weighted by atomic mass is 10.1. The number of phenolic OH excluding ortho intramolecular Hbond substituents is 1. The van der Waals surface area contributed by atoms with Crippen molar-refractivity contribution in [3.05, 3.63) is 28.5 Å². The normalized spacial score (nSPS) is 11.9. The maximum absolute atomic E-state index is 12.5. The van der Waals surface area contributed by atoms with Gasteiger partial charge < -0.3 is 5.11 Å². The predicted octanol–water partition coefficient (Wildman–Crippen LogP) is 3.17. The van der Waals surface area contributed by atoms with Crippen LogP contribution in [0.4, 0.5) is 13.2 Å². The Bertz CT molecular complexity index is 637. The van der Waals surface area contributed by atoms with Crippen molar-refractivity contribution in [1.82, 2.24) is 14.8 Å². The van der Waals surface area contributed by atoms with Gasteiger partial charge in [0, 0.05) is 12.6 Å². The van der Waals surface area contributed by atoms with Gasteiger partial charge in [0.15, 0.2) is 5.82 Å². The van der Waals surface area contributed by atoms with Crippen molar-refractivity contribution in [2.24, 2.45) is 7.05 Å². The van der Waals surface area contributed by atoms with E-state index in [4.69, 9.17) is 11.6 Å². The van der Waals surface area contributed by atoms with Gasteiger partial charge >= 0.3 is 6.18 Å². The molecule has 0 unspecified atom stereocenters. The number of rotatable bonds is 1. The second-order valence-electron chi connectivity index (χ2n) is 4.00. The molecule has 1 aromatic heterocycles. The lowest BCUT2D eigenvalue weighted by Crippen LogP contribution is -2.08. The van der Waals surface area contributed by atoms with Crippen molar-refractivity contribution in [1.29, 1.82) is 0 Å². The van der Waals surface area contributed by atoms with Crippen LogP contribution in [0.25, 0.3) is 11.4 Å². The van der Waals surface area contributed by atoms with E-state index in [9.17, 15) is 18.3 Å². The summed E-state index contributed by atoms with van der Waals surface area (Å²) in [5.41, 5.74) is 0.930. The SMILES string of the molecule is Cc1cc(O)c(Cl)cc1-c1nc(C(F)(F)F)nn1C. The molecule has 4 nitrogen and oxygen atoms in total. The van der Waals surface area contributed by atoms with Crippen LogP contribution >= 0.6 is 11.6 Å². The van der Waals surface area contributed by atoms with E-state index in [1.54, 1.807) is 6.92 Å². The number of hydrogen-bond donors (Lipinski definition) is 1. The first-order valence-corrected chi connectivity index (χ1v) is 5.55. The Morgan fingerprint density at radius 1 is 1.32 bits per heavy atom. The van der Waals surface area contributed by atoms with Gasteiger partial charge in [-0.3, -0.25) is 0 Å². The molecule has 0 aliphatic carbocycles. The lowest BCUT2D eigenvalue weighted by Gasteiger charge is -2.06. The van der Waals surface area contributed by atoms with E-state index in [2.05, 4.69) is 10.1 Å². The molecule has 19 heavy (non-hydrogen) atoms. The minimum absolute atomic E-state index is 0.0340. The zero-order valence-electron chi connectivity index (χ0n) is 9.96. The minimum Gasteiger partial charge on any atom is -0.506 e. The molecule has 102 valence electrons. The molecule has 2 rings (SSSR count). The molecule has 2 aromatic rings. The number of aryl methyl sites for hydroxylation is 2. The molecule has 0 fully saturated rings. The van der Waals surface area contributed by atoms with Gasteiger partial charge in [-0.05, 0) is 24.6 Å². The quantitative estimate of drug-likeness (QED) is 0.878. The van der Waals surface area contributed by atoms with E-state index in [1.165, 1.54) is 19.2 Å². The van der Waals surface area contributed by atoms with Crippen molar-refractivity contribution in [3.63, 3.8) is 0 Å². The number of aromatic nitrogens is 3. The first kappa shape index (κ1) is 13.7. The predicted molar refractivity (Wildman–Crippen MR) is 62.9 cm³/mol. The highest BCUT2D eigenvalue weighted by atomic mass is 35.5. The van der Waals surface area contributed by atoms with Crippen molar-refractivity contribution in [2.45, 2.75) is 13.1 Å². The van der Waals surface area contributed by atoms with Crippen molar-refractivity contribution in [3.8, 4) is 17.1 Å². The summed E-state index contributed by atoms with van der Waals surface area (Å²) in [4.78, 5) is 3.47. The molecule has 0 aliphatic rings. The van der Waals surface area contributed by atoms with Crippen LogP contribution in [0.3, 0.4) is 0 Å². The minimum atomic E-state index is -4.61. The first-order chi connectivity index (χ1) is 8.70. The molecule has 0 saturated heterocycles. The zero-order chi connectivity index (χ0) is 14.4. The summed E-state index contributed by atoms with van der Waals surface area (Å²) >= 11 is 5.76. The van der Waals surface area contributed by atoms with Gasteiger partial charge in [-0.2, -0.15) is 13.2 Å². The average Bonchev–Trinajstić information content (AvgIpc) is 2.65. The molecule has 1 N–H and O–H groups in total. The standard InChI is InChI=1S/C11H9ClF3N3O/c1-5-3-8(19)7(12)4-6(5)9-16-10(11(13,14)15)17-18(9)2/h3-4,19H,1-2H3. The Hall–Kier alpha value is -1.76. The van der Waals surface area contributed by atoms with Crippen LogP contribution < -0.4 is 0 Å². The fraction of sp³-hybridized carbons (Fsp3) is 0.273. The van der Waals surface area contributed by atoms with Gasteiger partial charge in [0.1, 0.15) is 5.75 Å². The van der Waals surface area contributed by atoms with Gasteiger partial charge in [-0.25, -0.2) is 9.67 Å².